The fourth-order valence-electron chi connectivity index (χ4n) is 2.09. The molecule has 5 nitrogen and oxygen atoms in total. The van der Waals surface area contributed by atoms with Crippen molar-refractivity contribution in [1.29, 1.82) is 0 Å². The van der Waals surface area contributed by atoms with Crippen molar-refractivity contribution in [1.82, 2.24) is 0 Å². The number of rotatable bonds is 3. The number of imide groups is 1. The smallest absolute Gasteiger partial charge is 0.331 e. The number of benzene rings is 1. The van der Waals surface area contributed by atoms with Gasteiger partial charge in [0, 0.05) is 18.1 Å². The van der Waals surface area contributed by atoms with E-state index in [9.17, 15) is 14.4 Å². The standard InChI is InChI=1S/C15H15NO4/c1-3-13(17)16-12-8-6-5-7-10(12)11(15(16)19)9-14(18)20-4-2/h5-9H,3-4H2,1-2H3. The van der Waals surface area contributed by atoms with Crippen molar-refractivity contribution < 1.29 is 19.1 Å². The van der Waals surface area contributed by atoms with E-state index in [1.165, 1.54) is 0 Å². The Balaban J connectivity index is 2.49. The molecule has 0 spiro atoms. The summed E-state index contributed by atoms with van der Waals surface area (Å²) in [6, 6.07) is 6.90. The molecular weight excluding hydrogens is 258 g/mol. The summed E-state index contributed by atoms with van der Waals surface area (Å²) in [5.41, 5.74) is 1.29. The zero-order valence-electron chi connectivity index (χ0n) is 11.4. The highest BCUT2D eigenvalue weighted by Gasteiger charge is 2.36. The van der Waals surface area contributed by atoms with Gasteiger partial charge in [-0.2, -0.15) is 0 Å². The van der Waals surface area contributed by atoms with Gasteiger partial charge in [-0.15, -0.1) is 0 Å². The predicted octanol–water partition coefficient (Wildman–Crippen LogP) is 1.92. The van der Waals surface area contributed by atoms with Gasteiger partial charge in [0.05, 0.1) is 17.9 Å². The molecular formula is C15H15NO4. The van der Waals surface area contributed by atoms with Crippen LogP contribution < -0.4 is 4.90 Å². The number of carbonyl (C=O) groups is 3. The minimum atomic E-state index is -0.587. The summed E-state index contributed by atoms with van der Waals surface area (Å²) < 4.78 is 4.82. The first-order valence-corrected chi connectivity index (χ1v) is 6.45. The lowest BCUT2D eigenvalue weighted by molar-refractivity contribution is -0.137. The lowest BCUT2D eigenvalue weighted by atomic mass is 10.1. The molecule has 104 valence electrons. The van der Waals surface area contributed by atoms with Crippen LogP contribution >= 0.6 is 0 Å². The van der Waals surface area contributed by atoms with Gasteiger partial charge >= 0.3 is 5.97 Å². The van der Waals surface area contributed by atoms with Crippen LogP contribution in [0, 0.1) is 0 Å². The third-order valence-corrected chi connectivity index (χ3v) is 2.97. The summed E-state index contributed by atoms with van der Waals surface area (Å²) >= 11 is 0. The SMILES string of the molecule is CCOC(=O)C=C1C(=O)N(C(=O)CC)c2ccccc21. The van der Waals surface area contributed by atoms with E-state index in [4.69, 9.17) is 4.74 Å². The maximum absolute atomic E-state index is 12.3. The fourth-order valence-corrected chi connectivity index (χ4v) is 2.09. The first-order chi connectivity index (χ1) is 9.60. The summed E-state index contributed by atoms with van der Waals surface area (Å²) in [5, 5.41) is 0. The number of fused-ring (bicyclic) bond motifs is 1. The summed E-state index contributed by atoms with van der Waals surface area (Å²) in [7, 11) is 0. The van der Waals surface area contributed by atoms with Gasteiger partial charge in [0.25, 0.3) is 5.91 Å². The second-order valence-electron chi connectivity index (χ2n) is 4.22. The van der Waals surface area contributed by atoms with Gasteiger partial charge in [-0.05, 0) is 13.0 Å². The second-order valence-corrected chi connectivity index (χ2v) is 4.22. The van der Waals surface area contributed by atoms with Gasteiger partial charge in [-0.25, -0.2) is 9.69 Å². The Labute approximate surface area is 116 Å². The van der Waals surface area contributed by atoms with E-state index in [0.717, 1.165) is 11.0 Å². The quantitative estimate of drug-likeness (QED) is 0.623. The van der Waals surface area contributed by atoms with Gasteiger partial charge in [0.2, 0.25) is 5.91 Å². The molecule has 1 heterocycles. The lowest BCUT2D eigenvalue weighted by Gasteiger charge is -2.13. The van der Waals surface area contributed by atoms with E-state index in [1.807, 2.05) is 0 Å². The number of carbonyl (C=O) groups excluding carboxylic acids is 3. The maximum Gasteiger partial charge on any atom is 0.331 e. The Morgan fingerprint density at radius 3 is 2.60 bits per heavy atom. The summed E-state index contributed by atoms with van der Waals surface area (Å²) in [5.74, 6) is -1.36. The van der Waals surface area contributed by atoms with Crippen molar-refractivity contribution in [2.24, 2.45) is 0 Å². The Kier molecular flexibility index (Phi) is 3.98. The molecule has 0 aliphatic carbocycles. The molecule has 0 saturated heterocycles. The Hall–Kier alpha value is -2.43. The third-order valence-electron chi connectivity index (χ3n) is 2.97. The molecule has 1 aliphatic heterocycles. The molecule has 0 unspecified atom stereocenters. The number of anilines is 1. The average Bonchev–Trinajstić information content (AvgIpc) is 2.71. The first-order valence-electron chi connectivity index (χ1n) is 6.45. The molecule has 0 fully saturated rings. The summed E-state index contributed by atoms with van der Waals surface area (Å²) in [6.45, 7) is 3.61. The molecule has 5 heteroatoms. The summed E-state index contributed by atoms with van der Waals surface area (Å²) in [6.07, 6.45) is 1.36. The topological polar surface area (TPSA) is 63.7 Å². The third kappa shape index (κ3) is 2.34. The molecule has 0 radical (unpaired) electrons. The van der Waals surface area contributed by atoms with Gasteiger partial charge < -0.3 is 4.74 Å². The molecule has 0 bridgehead atoms. The van der Waals surface area contributed by atoms with E-state index in [2.05, 4.69) is 0 Å². The Bertz CT molecular complexity index is 604. The monoisotopic (exact) mass is 273 g/mol. The van der Waals surface area contributed by atoms with Crippen LogP contribution in [0.4, 0.5) is 5.69 Å². The number of amides is 2. The summed E-state index contributed by atoms with van der Waals surface area (Å²) in [4.78, 5) is 36.9. The second kappa shape index (κ2) is 5.69. The lowest BCUT2D eigenvalue weighted by Crippen LogP contribution is -2.32. The van der Waals surface area contributed by atoms with Gasteiger partial charge in [-0.1, -0.05) is 25.1 Å². The van der Waals surface area contributed by atoms with E-state index in [-0.39, 0.29) is 24.5 Å². The van der Waals surface area contributed by atoms with Crippen LogP contribution in [0.2, 0.25) is 0 Å². The molecule has 0 saturated carbocycles. The van der Waals surface area contributed by atoms with Crippen LogP contribution in [0.3, 0.4) is 0 Å². The number of hydrogen-bond acceptors (Lipinski definition) is 4. The molecule has 20 heavy (non-hydrogen) atoms. The maximum atomic E-state index is 12.3. The van der Waals surface area contributed by atoms with E-state index >= 15 is 0 Å². The van der Waals surface area contributed by atoms with Crippen LogP contribution in [-0.2, 0) is 19.1 Å². The molecule has 2 amide bonds. The number of nitrogens with zero attached hydrogens (tertiary/aromatic N) is 1. The average molecular weight is 273 g/mol. The minimum absolute atomic E-state index is 0.195. The van der Waals surface area contributed by atoms with Crippen molar-refractivity contribution in [2.45, 2.75) is 20.3 Å². The van der Waals surface area contributed by atoms with Crippen molar-refractivity contribution >= 4 is 29.0 Å². The highest BCUT2D eigenvalue weighted by molar-refractivity contribution is 6.41. The minimum Gasteiger partial charge on any atom is -0.463 e. The van der Waals surface area contributed by atoms with Crippen LogP contribution in [-0.4, -0.2) is 24.4 Å². The van der Waals surface area contributed by atoms with Crippen LogP contribution in [0.15, 0.2) is 30.3 Å². The van der Waals surface area contributed by atoms with Gasteiger partial charge in [0.15, 0.2) is 0 Å². The highest BCUT2D eigenvalue weighted by atomic mass is 16.5. The predicted molar refractivity (Wildman–Crippen MR) is 73.8 cm³/mol. The number of para-hydroxylation sites is 1. The molecule has 1 aromatic carbocycles. The zero-order valence-corrected chi connectivity index (χ0v) is 11.4. The molecule has 0 atom stereocenters. The van der Waals surface area contributed by atoms with Crippen molar-refractivity contribution in [3.63, 3.8) is 0 Å². The van der Waals surface area contributed by atoms with Crippen LogP contribution in [0.1, 0.15) is 25.8 Å². The number of hydrogen-bond donors (Lipinski definition) is 0. The van der Waals surface area contributed by atoms with E-state index in [1.54, 1.807) is 38.1 Å². The van der Waals surface area contributed by atoms with Crippen LogP contribution in [0.25, 0.3) is 5.57 Å². The van der Waals surface area contributed by atoms with E-state index < -0.39 is 11.9 Å². The highest BCUT2D eigenvalue weighted by Crippen LogP contribution is 2.36. The first kappa shape index (κ1) is 14.0. The Morgan fingerprint density at radius 1 is 1.25 bits per heavy atom. The van der Waals surface area contributed by atoms with Crippen LogP contribution in [0.5, 0.6) is 0 Å². The van der Waals surface area contributed by atoms with Crippen molar-refractivity contribution in [3.05, 3.63) is 35.9 Å². The molecule has 1 aliphatic rings. The van der Waals surface area contributed by atoms with E-state index in [0.29, 0.717) is 11.3 Å². The molecule has 2 rings (SSSR count). The molecule has 1 aromatic rings. The number of esters is 1. The Morgan fingerprint density at radius 2 is 1.95 bits per heavy atom. The van der Waals surface area contributed by atoms with Crippen molar-refractivity contribution in [3.8, 4) is 0 Å². The molecule has 0 N–H and O–H groups in total. The number of ether oxygens (including phenoxy) is 1. The zero-order chi connectivity index (χ0) is 14.7. The largest absolute Gasteiger partial charge is 0.463 e. The fraction of sp³-hybridized carbons (Fsp3) is 0.267. The van der Waals surface area contributed by atoms with Gasteiger partial charge in [0.1, 0.15) is 0 Å². The molecule has 0 aromatic heterocycles. The van der Waals surface area contributed by atoms with Gasteiger partial charge in [-0.3, -0.25) is 9.59 Å². The normalized spacial score (nSPS) is 15.4. The van der Waals surface area contributed by atoms with Crippen molar-refractivity contribution in [2.75, 3.05) is 11.5 Å².